The van der Waals surface area contributed by atoms with Crippen LogP contribution in [0.2, 0.25) is 0 Å². The fraction of sp³-hybridized carbons (Fsp3) is 0.304. The van der Waals surface area contributed by atoms with Gasteiger partial charge in [0.15, 0.2) is 0 Å². The number of aromatic nitrogens is 1. The van der Waals surface area contributed by atoms with Crippen molar-refractivity contribution in [2.24, 2.45) is 0 Å². The summed E-state index contributed by atoms with van der Waals surface area (Å²) in [6, 6.07) is 13.8. The van der Waals surface area contributed by atoms with Crippen molar-refractivity contribution in [1.82, 2.24) is 4.57 Å². The van der Waals surface area contributed by atoms with Crippen LogP contribution in [0.25, 0.3) is 5.69 Å². The third-order valence-electron chi connectivity index (χ3n) is 6.19. The lowest BCUT2D eigenvalue weighted by atomic mass is 9.95. The lowest BCUT2D eigenvalue weighted by molar-refractivity contribution is 0.0683. The van der Waals surface area contributed by atoms with E-state index in [9.17, 15) is 18.6 Å². The minimum atomic E-state index is -3.86. The Morgan fingerprint density at radius 3 is 2.23 bits per heavy atom. The molecule has 0 amide bonds. The van der Waals surface area contributed by atoms with Crippen molar-refractivity contribution < 1.29 is 23.4 Å². The van der Waals surface area contributed by atoms with E-state index in [1.807, 2.05) is 6.07 Å². The predicted octanol–water partition coefficient (Wildman–Crippen LogP) is 4.32. The van der Waals surface area contributed by atoms with Gasteiger partial charge < -0.3 is 14.9 Å². The van der Waals surface area contributed by atoms with Crippen molar-refractivity contribution in [3.63, 3.8) is 0 Å². The molecule has 1 saturated heterocycles. The summed E-state index contributed by atoms with van der Waals surface area (Å²) in [5.41, 5.74) is 2.77. The van der Waals surface area contributed by atoms with Gasteiger partial charge in [-0.25, -0.2) is 8.42 Å². The average Bonchev–Trinajstić information content (AvgIpc) is 3.43. The van der Waals surface area contributed by atoms with Gasteiger partial charge in [0.2, 0.25) is 11.8 Å². The number of aryl methyl sites for hydroxylation is 1. The highest BCUT2D eigenvalue weighted by molar-refractivity contribution is 7.92. The van der Waals surface area contributed by atoms with Crippen molar-refractivity contribution in [2.75, 3.05) is 10.8 Å². The first-order valence-corrected chi connectivity index (χ1v) is 11.8. The molecule has 31 heavy (non-hydrogen) atoms. The summed E-state index contributed by atoms with van der Waals surface area (Å²) < 4.78 is 35.6. The Kier molecular flexibility index (Phi) is 4.53. The molecule has 2 atom stereocenters. The highest BCUT2D eigenvalue weighted by Crippen LogP contribution is 2.58. The van der Waals surface area contributed by atoms with Gasteiger partial charge in [-0.3, -0.25) is 8.87 Å². The fourth-order valence-corrected chi connectivity index (χ4v) is 6.45. The molecular weight excluding hydrogens is 416 g/mol. The quantitative estimate of drug-likeness (QED) is 0.617. The van der Waals surface area contributed by atoms with E-state index >= 15 is 0 Å². The molecule has 3 aromatic rings. The van der Waals surface area contributed by atoms with Crippen LogP contribution in [0.1, 0.15) is 48.7 Å². The number of hydrogen-bond acceptors (Lipinski definition) is 5. The molecule has 0 aliphatic carbocycles. The van der Waals surface area contributed by atoms with E-state index < -0.39 is 10.0 Å². The van der Waals surface area contributed by atoms with E-state index in [1.54, 1.807) is 50.2 Å². The Labute approximate surface area is 181 Å². The fourth-order valence-electron chi connectivity index (χ4n) is 4.73. The number of anilines is 1. The number of para-hydroxylation sites is 1. The molecule has 2 N–H and O–H groups in total. The molecule has 0 spiro atoms. The van der Waals surface area contributed by atoms with Crippen molar-refractivity contribution >= 4 is 15.7 Å². The van der Waals surface area contributed by atoms with Crippen LogP contribution in [0, 0.1) is 6.92 Å². The van der Waals surface area contributed by atoms with Gasteiger partial charge in [-0.05, 0) is 56.5 Å². The van der Waals surface area contributed by atoms with Gasteiger partial charge in [-0.2, -0.15) is 0 Å². The van der Waals surface area contributed by atoms with Crippen LogP contribution in [-0.4, -0.2) is 29.7 Å². The normalized spacial score (nSPS) is 19.5. The summed E-state index contributed by atoms with van der Waals surface area (Å²) in [4.78, 5) is 0.127. The maximum Gasteiger partial charge on any atom is 0.264 e. The number of nitrogens with zero attached hydrogens (tertiary/aromatic N) is 2. The highest BCUT2D eigenvalue weighted by Gasteiger charge is 2.45. The zero-order chi connectivity index (χ0) is 21.9. The first-order chi connectivity index (χ1) is 14.8. The van der Waals surface area contributed by atoms with Crippen LogP contribution in [0.4, 0.5) is 5.69 Å². The summed E-state index contributed by atoms with van der Waals surface area (Å²) >= 11 is 0. The van der Waals surface area contributed by atoms with Crippen LogP contribution in [0.5, 0.6) is 11.8 Å². The molecule has 7 nitrogen and oxygen atoms in total. The molecule has 5 rings (SSSR count). The minimum Gasteiger partial charge on any atom is -0.494 e. The van der Waals surface area contributed by atoms with Crippen molar-refractivity contribution in [1.29, 1.82) is 0 Å². The Morgan fingerprint density at radius 2 is 1.65 bits per heavy atom. The molecule has 0 unspecified atom stereocenters. The molecule has 1 fully saturated rings. The zero-order valence-electron chi connectivity index (χ0n) is 17.3. The van der Waals surface area contributed by atoms with E-state index in [1.165, 1.54) is 14.9 Å². The van der Waals surface area contributed by atoms with E-state index in [0.29, 0.717) is 28.1 Å². The molecule has 2 aliphatic heterocycles. The van der Waals surface area contributed by atoms with Crippen LogP contribution in [0.15, 0.2) is 53.4 Å². The van der Waals surface area contributed by atoms with Gasteiger partial charge in [0, 0.05) is 6.54 Å². The zero-order valence-corrected chi connectivity index (χ0v) is 18.1. The van der Waals surface area contributed by atoms with Crippen molar-refractivity contribution in [3.8, 4) is 17.4 Å². The molecule has 2 bridgehead atoms. The summed E-state index contributed by atoms with van der Waals surface area (Å²) in [7, 11) is -3.86. The Hall–Kier alpha value is -2.97. The van der Waals surface area contributed by atoms with Gasteiger partial charge >= 0.3 is 0 Å². The molecule has 3 heterocycles. The topological polar surface area (TPSA) is 92.0 Å². The maximum absolute atomic E-state index is 13.6. The second-order valence-electron chi connectivity index (χ2n) is 7.96. The Bertz CT molecular complexity index is 1230. The number of ether oxygens (including phenoxy) is 1. The largest absolute Gasteiger partial charge is 0.494 e. The highest BCUT2D eigenvalue weighted by atomic mass is 32.2. The van der Waals surface area contributed by atoms with E-state index in [0.717, 1.165) is 12.8 Å². The van der Waals surface area contributed by atoms with E-state index in [2.05, 4.69) is 0 Å². The van der Waals surface area contributed by atoms with Gasteiger partial charge in [-0.15, -0.1) is 0 Å². The third kappa shape index (κ3) is 2.85. The van der Waals surface area contributed by atoms with Gasteiger partial charge in [0.25, 0.3) is 10.0 Å². The van der Waals surface area contributed by atoms with Crippen LogP contribution in [0.3, 0.4) is 0 Å². The second kappa shape index (κ2) is 7.03. The number of aromatic hydroxyl groups is 2. The second-order valence-corrected chi connectivity index (χ2v) is 9.79. The number of fused-ring (bicyclic) bond motifs is 5. The van der Waals surface area contributed by atoms with E-state index in [-0.39, 0.29) is 35.4 Å². The van der Waals surface area contributed by atoms with Gasteiger partial charge in [-0.1, -0.05) is 24.3 Å². The van der Waals surface area contributed by atoms with Crippen molar-refractivity contribution in [2.45, 2.75) is 43.8 Å². The molecule has 162 valence electrons. The Balaban J connectivity index is 1.63. The van der Waals surface area contributed by atoms with Gasteiger partial charge in [0.05, 0.1) is 39.6 Å². The number of rotatable bonds is 5. The summed E-state index contributed by atoms with van der Waals surface area (Å²) in [5.74, 6) is -0.190. The average molecular weight is 441 g/mol. The standard InChI is InChI=1S/C23H24N2O5S/c1-3-24(15-7-5-4-6-8-15)31(28,29)19-13-16(10-9-14(19)2)25-22(26)20-17-11-12-18(30-17)21(20)23(25)27/h4-10,13,17-18,26-27H,3,11-12H2,1-2H3/t17-,18+. The molecule has 2 aromatic carbocycles. The lowest BCUT2D eigenvalue weighted by Gasteiger charge is -2.24. The molecule has 1 aromatic heterocycles. The predicted molar refractivity (Wildman–Crippen MR) is 116 cm³/mol. The Morgan fingerprint density at radius 1 is 1.03 bits per heavy atom. The number of benzene rings is 2. The van der Waals surface area contributed by atoms with Crippen LogP contribution >= 0.6 is 0 Å². The van der Waals surface area contributed by atoms with Gasteiger partial charge in [0.1, 0.15) is 0 Å². The molecular formula is C23H24N2O5S. The maximum atomic E-state index is 13.6. The van der Waals surface area contributed by atoms with Crippen LogP contribution < -0.4 is 4.31 Å². The SMILES string of the molecule is CCN(c1ccccc1)S(=O)(=O)c1cc(-n2c(O)c3c(c2O)[C@H]2CC[C@@H]3O2)ccc1C. The van der Waals surface area contributed by atoms with Crippen molar-refractivity contribution in [3.05, 3.63) is 65.2 Å². The molecule has 0 radical (unpaired) electrons. The number of sulfonamides is 1. The van der Waals surface area contributed by atoms with Crippen LogP contribution in [-0.2, 0) is 14.8 Å². The molecule has 0 saturated carbocycles. The molecule has 2 aliphatic rings. The first-order valence-electron chi connectivity index (χ1n) is 10.3. The minimum absolute atomic E-state index is 0.0951. The third-order valence-corrected chi connectivity index (χ3v) is 8.23. The lowest BCUT2D eigenvalue weighted by Crippen LogP contribution is -2.31. The number of hydrogen-bond donors (Lipinski definition) is 2. The summed E-state index contributed by atoms with van der Waals surface area (Å²) in [5, 5.41) is 21.7. The summed E-state index contributed by atoms with van der Waals surface area (Å²) in [6.07, 6.45) is 1.14. The van der Waals surface area contributed by atoms with E-state index in [4.69, 9.17) is 4.74 Å². The molecule has 8 heteroatoms. The summed E-state index contributed by atoms with van der Waals surface area (Å²) in [6.45, 7) is 3.79. The first kappa shape index (κ1) is 20.0. The smallest absolute Gasteiger partial charge is 0.264 e. The monoisotopic (exact) mass is 440 g/mol.